The number of benzene rings is 2. The van der Waals surface area contributed by atoms with E-state index in [4.69, 9.17) is 4.74 Å². The third kappa shape index (κ3) is 4.29. The molecule has 2 rings (SSSR count). The third-order valence-corrected chi connectivity index (χ3v) is 4.63. The maximum absolute atomic E-state index is 13.2. The minimum atomic E-state index is -3.70. The molecular formula is C16H18FNO3S. The van der Waals surface area contributed by atoms with Crippen LogP contribution in [0.1, 0.15) is 12.5 Å². The Morgan fingerprint density at radius 1 is 1.18 bits per heavy atom. The molecule has 0 aliphatic rings. The summed E-state index contributed by atoms with van der Waals surface area (Å²) in [6.45, 7) is 3.43. The van der Waals surface area contributed by atoms with Gasteiger partial charge in [-0.2, -0.15) is 0 Å². The van der Waals surface area contributed by atoms with Crippen LogP contribution >= 0.6 is 0 Å². The topological polar surface area (TPSA) is 55.4 Å². The lowest BCUT2D eigenvalue weighted by molar-refractivity contribution is 0.287. The van der Waals surface area contributed by atoms with Crippen molar-refractivity contribution in [3.63, 3.8) is 0 Å². The maximum Gasteiger partial charge on any atom is 0.240 e. The van der Waals surface area contributed by atoms with Gasteiger partial charge < -0.3 is 4.74 Å². The van der Waals surface area contributed by atoms with Gasteiger partial charge in [-0.25, -0.2) is 17.5 Å². The van der Waals surface area contributed by atoms with Crippen LogP contribution in [0.5, 0.6) is 5.75 Å². The first-order chi connectivity index (χ1) is 10.4. The Balaban J connectivity index is 2.00. The van der Waals surface area contributed by atoms with Crippen LogP contribution in [-0.2, 0) is 10.0 Å². The summed E-state index contributed by atoms with van der Waals surface area (Å²) in [4.78, 5) is 0.0398. The largest absolute Gasteiger partial charge is 0.492 e. The number of sulfonamides is 1. The molecule has 118 valence electrons. The van der Waals surface area contributed by atoms with Gasteiger partial charge in [0.25, 0.3) is 0 Å². The summed E-state index contributed by atoms with van der Waals surface area (Å²) < 4.78 is 45.7. The average Bonchev–Trinajstić information content (AvgIpc) is 2.48. The van der Waals surface area contributed by atoms with Crippen LogP contribution in [0, 0.1) is 12.7 Å². The molecule has 6 heteroatoms. The molecule has 0 heterocycles. The Morgan fingerprint density at radius 3 is 2.50 bits per heavy atom. The van der Waals surface area contributed by atoms with Crippen LogP contribution < -0.4 is 9.46 Å². The van der Waals surface area contributed by atoms with E-state index in [9.17, 15) is 12.8 Å². The van der Waals surface area contributed by atoms with E-state index < -0.39 is 21.9 Å². The number of rotatable bonds is 6. The number of hydrogen-bond acceptors (Lipinski definition) is 3. The van der Waals surface area contributed by atoms with Crippen molar-refractivity contribution in [3.8, 4) is 5.75 Å². The van der Waals surface area contributed by atoms with Crippen LogP contribution in [0.25, 0.3) is 0 Å². The number of nitrogens with one attached hydrogen (secondary N) is 1. The first kappa shape index (κ1) is 16.5. The zero-order valence-corrected chi connectivity index (χ0v) is 13.2. The van der Waals surface area contributed by atoms with E-state index in [-0.39, 0.29) is 17.1 Å². The van der Waals surface area contributed by atoms with Crippen molar-refractivity contribution in [1.29, 1.82) is 0 Å². The highest BCUT2D eigenvalue weighted by Crippen LogP contribution is 2.15. The van der Waals surface area contributed by atoms with Gasteiger partial charge in [-0.15, -0.1) is 0 Å². The molecule has 0 unspecified atom stereocenters. The number of ether oxygens (including phenoxy) is 1. The first-order valence-corrected chi connectivity index (χ1v) is 8.33. The molecule has 0 aliphatic heterocycles. The normalized spacial score (nSPS) is 12.9. The molecule has 0 amide bonds. The first-order valence-electron chi connectivity index (χ1n) is 6.85. The molecular weight excluding hydrogens is 305 g/mol. The lowest BCUT2D eigenvalue weighted by Gasteiger charge is -2.15. The molecule has 0 spiro atoms. The smallest absolute Gasteiger partial charge is 0.240 e. The minimum absolute atomic E-state index is 0.0398. The van der Waals surface area contributed by atoms with Gasteiger partial charge in [0.1, 0.15) is 18.2 Å². The van der Waals surface area contributed by atoms with Crippen molar-refractivity contribution < 1.29 is 17.5 Å². The van der Waals surface area contributed by atoms with Crippen molar-refractivity contribution >= 4 is 10.0 Å². The van der Waals surface area contributed by atoms with E-state index in [2.05, 4.69) is 4.72 Å². The second kappa shape index (κ2) is 6.89. The zero-order valence-electron chi connectivity index (χ0n) is 12.4. The number of halogens is 1. The molecule has 0 saturated carbocycles. The van der Waals surface area contributed by atoms with Gasteiger partial charge in [0.05, 0.1) is 10.9 Å². The summed E-state index contributed by atoms with van der Waals surface area (Å²) >= 11 is 0. The van der Waals surface area contributed by atoms with Crippen LogP contribution in [0.15, 0.2) is 53.4 Å². The van der Waals surface area contributed by atoms with Crippen LogP contribution in [-0.4, -0.2) is 21.1 Å². The molecule has 2 aromatic carbocycles. The zero-order chi connectivity index (χ0) is 16.2. The molecule has 0 aliphatic carbocycles. The molecule has 2 aromatic rings. The molecule has 4 nitrogen and oxygen atoms in total. The highest BCUT2D eigenvalue weighted by atomic mass is 32.2. The quantitative estimate of drug-likeness (QED) is 0.889. The van der Waals surface area contributed by atoms with Crippen LogP contribution in [0.2, 0.25) is 0 Å². The summed E-state index contributed by atoms with van der Waals surface area (Å²) in [7, 11) is -3.70. The monoisotopic (exact) mass is 323 g/mol. The number of hydrogen-bond donors (Lipinski definition) is 1. The predicted molar refractivity (Wildman–Crippen MR) is 82.9 cm³/mol. The molecule has 22 heavy (non-hydrogen) atoms. The fraction of sp³-hybridized carbons (Fsp3) is 0.250. The van der Waals surface area contributed by atoms with Gasteiger partial charge in [0, 0.05) is 0 Å². The average molecular weight is 323 g/mol. The molecule has 0 aromatic heterocycles. The van der Waals surface area contributed by atoms with E-state index in [1.807, 2.05) is 18.2 Å². The maximum atomic E-state index is 13.2. The number of para-hydroxylation sites is 1. The lowest BCUT2D eigenvalue weighted by atomic mass is 10.2. The third-order valence-electron chi connectivity index (χ3n) is 3.04. The van der Waals surface area contributed by atoms with E-state index in [1.54, 1.807) is 19.1 Å². The summed E-state index contributed by atoms with van der Waals surface area (Å²) in [6.07, 6.45) is 0. The van der Waals surface area contributed by atoms with Gasteiger partial charge in [0.15, 0.2) is 0 Å². The van der Waals surface area contributed by atoms with Crippen LogP contribution in [0.4, 0.5) is 4.39 Å². The summed E-state index contributed by atoms with van der Waals surface area (Å²) in [5.74, 6) is 0.241. The van der Waals surface area contributed by atoms with E-state index in [1.165, 1.54) is 19.1 Å². The summed E-state index contributed by atoms with van der Waals surface area (Å²) in [5.41, 5.74) is 0.288. The van der Waals surface area contributed by atoms with Gasteiger partial charge in [-0.1, -0.05) is 18.2 Å². The lowest BCUT2D eigenvalue weighted by Crippen LogP contribution is -2.36. The molecule has 0 fully saturated rings. The molecule has 0 bridgehead atoms. The van der Waals surface area contributed by atoms with Crippen molar-refractivity contribution in [2.45, 2.75) is 24.8 Å². The summed E-state index contributed by atoms with van der Waals surface area (Å²) in [6, 6.07) is 12.4. The Hall–Kier alpha value is -1.92. The molecule has 1 atom stereocenters. The molecule has 0 radical (unpaired) electrons. The van der Waals surface area contributed by atoms with Crippen LogP contribution in [0.3, 0.4) is 0 Å². The molecule has 0 saturated heterocycles. The fourth-order valence-electron chi connectivity index (χ4n) is 1.89. The van der Waals surface area contributed by atoms with E-state index in [0.717, 1.165) is 6.07 Å². The highest BCUT2D eigenvalue weighted by Gasteiger charge is 2.18. The fourth-order valence-corrected chi connectivity index (χ4v) is 3.20. The number of aryl methyl sites for hydroxylation is 1. The SMILES string of the molecule is Cc1cc(S(=O)(=O)N[C@H](C)COc2ccccc2)ccc1F. The Morgan fingerprint density at radius 2 is 1.86 bits per heavy atom. The second-order valence-corrected chi connectivity index (χ2v) is 6.77. The van der Waals surface area contributed by atoms with Crippen molar-refractivity contribution in [2.75, 3.05) is 6.61 Å². The minimum Gasteiger partial charge on any atom is -0.492 e. The van der Waals surface area contributed by atoms with Gasteiger partial charge in [-0.05, 0) is 49.7 Å². The van der Waals surface area contributed by atoms with Gasteiger partial charge >= 0.3 is 0 Å². The van der Waals surface area contributed by atoms with Gasteiger partial charge in [-0.3, -0.25) is 0 Å². The summed E-state index contributed by atoms with van der Waals surface area (Å²) in [5, 5.41) is 0. The van der Waals surface area contributed by atoms with E-state index in [0.29, 0.717) is 5.75 Å². The van der Waals surface area contributed by atoms with Gasteiger partial charge in [0.2, 0.25) is 10.0 Å². The Bertz CT molecular complexity index is 732. The second-order valence-electron chi connectivity index (χ2n) is 5.06. The Kier molecular flexibility index (Phi) is 5.15. The Labute approximate surface area is 130 Å². The highest BCUT2D eigenvalue weighted by molar-refractivity contribution is 7.89. The standard InChI is InChI=1S/C16H18FNO3S/c1-12-10-15(8-9-16(12)17)22(19,20)18-13(2)11-21-14-6-4-3-5-7-14/h3-10,13,18H,11H2,1-2H3/t13-/m1/s1. The van der Waals surface area contributed by atoms with Crippen molar-refractivity contribution in [3.05, 3.63) is 59.9 Å². The van der Waals surface area contributed by atoms with Crippen molar-refractivity contribution in [1.82, 2.24) is 4.72 Å². The van der Waals surface area contributed by atoms with E-state index >= 15 is 0 Å². The predicted octanol–water partition coefficient (Wildman–Crippen LogP) is 2.88. The van der Waals surface area contributed by atoms with Crippen molar-refractivity contribution in [2.24, 2.45) is 0 Å². The molecule has 1 N–H and O–H groups in total.